The van der Waals surface area contributed by atoms with Gasteiger partial charge in [-0.3, -0.25) is 10.8 Å². The lowest BCUT2D eigenvalue weighted by molar-refractivity contribution is 0.130. The lowest BCUT2D eigenvalue weighted by atomic mass is 10.1. The average molecular weight is 500 g/mol. The molecule has 8 nitrogen and oxygen atoms in total. The van der Waals surface area contributed by atoms with Gasteiger partial charge in [-0.1, -0.05) is 26.0 Å². The van der Waals surface area contributed by atoms with Crippen LogP contribution in [0.5, 0.6) is 5.75 Å². The second-order valence-corrected chi connectivity index (χ2v) is 10.3. The molecular weight excluding hydrogens is 462 g/mol. The maximum Gasteiger partial charge on any atom is 0.122 e. The fourth-order valence-corrected chi connectivity index (χ4v) is 5.46. The van der Waals surface area contributed by atoms with Crippen LogP contribution in [-0.4, -0.2) is 49.9 Å². The molecule has 1 aliphatic heterocycles. The minimum absolute atomic E-state index is 0.0865. The Bertz CT molecular complexity index is 1470. The molecule has 1 aliphatic rings. The van der Waals surface area contributed by atoms with Crippen molar-refractivity contribution in [2.75, 3.05) is 13.1 Å². The number of nitrogens with two attached hydrogens (primary N) is 1. The number of imidazole rings is 1. The number of aryl methyl sites for hydroxylation is 1. The highest BCUT2D eigenvalue weighted by molar-refractivity contribution is 5.98. The molecule has 0 unspecified atom stereocenters. The Labute approximate surface area is 218 Å². The van der Waals surface area contributed by atoms with Crippen LogP contribution in [0.3, 0.4) is 0 Å². The van der Waals surface area contributed by atoms with E-state index in [-0.39, 0.29) is 17.9 Å². The van der Waals surface area contributed by atoms with E-state index in [1.807, 2.05) is 19.1 Å². The van der Waals surface area contributed by atoms with Gasteiger partial charge in [-0.15, -0.1) is 0 Å². The number of nitrogens with one attached hydrogen (secondary N) is 2. The van der Waals surface area contributed by atoms with E-state index in [2.05, 4.69) is 65.1 Å². The zero-order valence-electron chi connectivity index (χ0n) is 22.2. The molecule has 0 spiro atoms. The normalized spacial score (nSPS) is 14.7. The Balaban J connectivity index is 1.45. The summed E-state index contributed by atoms with van der Waals surface area (Å²) in [4.78, 5) is 7.14. The van der Waals surface area contributed by atoms with E-state index >= 15 is 0 Å². The van der Waals surface area contributed by atoms with Crippen molar-refractivity contribution in [1.29, 1.82) is 10.8 Å². The van der Waals surface area contributed by atoms with Gasteiger partial charge in [0.25, 0.3) is 0 Å². The standard InChI is InChI=1S/C29H37N7O/c1-5-35-22(14-20-6-7-21(28(31)32)15-27(20)35)17-36-26-9-8-24(16-25(26)33-29(36)18(2)3)37-23-10-12-34(13-11-23)19(4)30/h6-9,14-16,18,23,30H,5,10-13,17H2,1-4H3,(H3,31,32). The Kier molecular flexibility index (Phi) is 6.67. The molecule has 8 heteroatoms. The molecule has 4 aromatic rings. The molecule has 0 radical (unpaired) electrons. The van der Waals surface area contributed by atoms with Crippen molar-refractivity contribution in [3.8, 4) is 5.75 Å². The third-order valence-electron chi connectivity index (χ3n) is 7.42. The summed E-state index contributed by atoms with van der Waals surface area (Å²) in [6.07, 6.45) is 2.01. The predicted molar refractivity (Wildman–Crippen MR) is 150 cm³/mol. The van der Waals surface area contributed by atoms with Crippen LogP contribution >= 0.6 is 0 Å². The molecule has 0 atom stereocenters. The maximum atomic E-state index is 7.85. The van der Waals surface area contributed by atoms with Gasteiger partial charge < -0.3 is 24.5 Å². The summed E-state index contributed by atoms with van der Waals surface area (Å²) < 4.78 is 11.0. The van der Waals surface area contributed by atoms with Gasteiger partial charge in [0.15, 0.2) is 0 Å². The second-order valence-electron chi connectivity index (χ2n) is 10.3. The van der Waals surface area contributed by atoms with Crippen LogP contribution in [0.4, 0.5) is 0 Å². The zero-order chi connectivity index (χ0) is 26.3. The summed E-state index contributed by atoms with van der Waals surface area (Å²) in [6, 6.07) is 14.5. The van der Waals surface area contributed by atoms with Crippen LogP contribution in [0.25, 0.3) is 21.9 Å². The molecule has 5 rings (SSSR count). The van der Waals surface area contributed by atoms with Crippen molar-refractivity contribution >= 4 is 33.6 Å². The second kappa shape index (κ2) is 9.92. The summed E-state index contributed by atoms with van der Waals surface area (Å²) in [5.74, 6) is 2.90. The summed E-state index contributed by atoms with van der Waals surface area (Å²) in [6.45, 7) is 11.6. The Morgan fingerprint density at radius 2 is 1.81 bits per heavy atom. The van der Waals surface area contributed by atoms with Gasteiger partial charge in [0, 0.05) is 61.2 Å². The van der Waals surface area contributed by atoms with Gasteiger partial charge in [0.05, 0.1) is 23.4 Å². The third kappa shape index (κ3) is 4.80. The van der Waals surface area contributed by atoms with Crippen molar-refractivity contribution in [3.63, 3.8) is 0 Å². The predicted octanol–water partition coefficient (Wildman–Crippen LogP) is 5.31. The number of nitrogen functional groups attached to an aromatic ring is 1. The van der Waals surface area contributed by atoms with Crippen molar-refractivity contribution < 1.29 is 4.74 Å². The number of rotatable bonds is 7. The SMILES string of the molecule is CCn1c(Cn2c(C(C)C)nc3cc(OC4CCN(C(C)=N)CC4)ccc32)cc2ccc(C(=N)N)cc21. The summed E-state index contributed by atoms with van der Waals surface area (Å²) >= 11 is 0. The van der Waals surface area contributed by atoms with Crippen LogP contribution < -0.4 is 10.5 Å². The molecule has 194 valence electrons. The molecular formula is C29H37N7O. The molecule has 0 aliphatic carbocycles. The van der Waals surface area contributed by atoms with Crippen molar-refractivity contribution in [3.05, 3.63) is 59.5 Å². The monoisotopic (exact) mass is 499 g/mol. The third-order valence-corrected chi connectivity index (χ3v) is 7.42. The van der Waals surface area contributed by atoms with Crippen LogP contribution in [0.1, 0.15) is 63.5 Å². The fourth-order valence-electron chi connectivity index (χ4n) is 5.46. The number of hydrogen-bond donors (Lipinski definition) is 3. The number of amidine groups is 2. The van der Waals surface area contributed by atoms with Gasteiger partial charge in [-0.05, 0) is 43.5 Å². The highest BCUT2D eigenvalue weighted by Crippen LogP contribution is 2.29. The van der Waals surface area contributed by atoms with Crippen LogP contribution in [-0.2, 0) is 13.1 Å². The number of likely N-dealkylation sites (tertiary alicyclic amines) is 1. The summed E-state index contributed by atoms with van der Waals surface area (Å²) in [5, 5.41) is 16.8. The first kappa shape index (κ1) is 24.9. The van der Waals surface area contributed by atoms with E-state index in [1.165, 1.54) is 5.69 Å². The number of ether oxygens (including phenoxy) is 1. The van der Waals surface area contributed by atoms with Crippen molar-refractivity contribution in [1.82, 2.24) is 19.0 Å². The lowest BCUT2D eigenvalue weighted by Crippen LogP contribution is -2.40. The van der Waals surface area contributed by atoms with Crippen LogP contribution in [0, 0.1) is 10.8 Å². The molecule has 0 saturated carbocycles. The molecule has 4 N–H and O–H groups in total. The van der Waals surface area contributed by atoms with E-state index in [0.29, 0.717) is 12.4 Å². The fraction of sp³-hybridized carbons (Fsp3) is 0.414. The number of hydrogen-bond acceptors (Lipinski definition) is 4. The topological polar surface area (TPSA) is 109 Å². The van der Waals surface area contributed by atoms with Gasteiger partial charge >= 0.3 is 0 Å². The van der Waals surface area contributed by atoms with E-state index in [0.717, 1.165) is 71.5 Å². The number of aromatic nitrogens is 3. The maximum absolute atomic E-state index is 7.85. The molecule has 3 heterocycles. The Morgan fingerprint density at radius 1 is 1.05 bits per heavy atom. The molecule has 2 aromatic carbocycles. The average Bonchev–Trinajstić information content (AvgIpc) is 3.41. The smallest absolute Gasteiger partial charge is 0.122 e. The largest absolute Gasteiger partial charge is 0.490 e. The molecule has 37 heavy (non-hydrogen) atoms. The number of fused-ring (bicyclic) bond motifs is 2. The van der Waals surface area contributed by atoms with Gasteiger partial charge in [0.1, 0.15) is 23.5 Å². The van der Waals surface area contributed by atoms with Crippen molar-refractivity contribution in [2.45, 2.75) is 65.6 Å². The van der Waals surface area contributed by atoms with E-state index in [4.69, 9.17) is 26.3 Å². The minimum atomic E-state index is 0.0865. The summed E-state index contributed by atoms with van der Waals surface area (Å²) in [7, 11) is 0. The highest BCUT2D eigenvalue weighted by atomic mass is 16.5. The van der Waals surface area contributed by atoms with Gasteiger partial charge in [-0.25, -0.2) is 4.98 Å². The van der Waals surface area contributed by atoms with Crippen LogP contribution in [0.2, 0.25) is 0 Å². The molecule has 1 saturated heterocycles. The highest BCUT2D eigenvalue weighted by Gasteiger charge is 2.22. The summed E-state index contributed by atoms with van der Waals surface area (Å²) in [5.41, 5.74) is 10.9. The lowest BCUT2D eigenvalue weighted by Gasteiger charge is -2.32. The first-order chi connectivity index (χ1) is 17.7. The van der Waals surface area contributed by atoms with Crippen LogP contribution in [0.15, 0.2) is 42.5 Å². The Hall–Kier alpha value is -3.81. The minimum Gasteiger partial charge on any atom is -0.490 e. The molecule has 0 amide bonds. The van der Waals surface area contributed by atoms with Crippen molar-refractivity contribution in [2.24, 2.45) is 5.73 Å². The van der Waals surface area contributed by atoms with E-state index in [9.17, 15) is 0 Å². The molecule has 2 aromatic heterocycles. The van der Waals surface area contributed by atoms with E-state index < -0.39 is 0 Å². The van der Waals surface area contributed by atoms with Gasteiger partial charge in [0.2, 0.25) is 0 Å². The molecule has 0 bridgehead atoms. The molecule has 1 fully saturated rings. The first-order valence-corrected chi connectivity index (χ1v) is 13.2. The zero-order valence-corrected chi connectivity index (χ0v) is 22.2. The van der Waals surface area contributed by atoms with E-state index in [1.54, 1.807) is 0 Å². The van der Waals surface area contributed by atoms with Gasteiger partial charge in [-0.2, -0.15) is 0 Å². The quantitative estimate of drug-likeness (QED) is 0.237. The number of benzene rings is 2. The Morgan fingerprint density at radius 3 is 2.46 bits per heavy atom. The first-order valence-electron chi connectivity index (χ1n) is 13.2. The number of piperidine rings is 1. The number of nitrogens with zero attached hydrogens (tertiary/aromatic N) is 4.